The number of hydrogen-bond donors (Lipinski definition) is 2. The number of carboxylic acids is 1. The van der Waals surface area contributed by atoms with Crippen molar-refractivity contribution < 1.29 is 14.7 Å². The van der Waals surface area contributed by atoms with Gasteiger partial charge >= 0.3 is 5.97 Å². The van der Waals surface area contributed by atoms with E-state index in [0.717, 1.165) is 17.8 Å². The molecule has 2 N–H and O–H groups in total. The molecule has 3 heterocycles. The molecule has 3 aromatic rings. The Hall–Kier alpha value is -3.01. The summed E-state index contributed by atoms with van der Waals surface area (Å²) < 4.78 is 3.06. The van der Waals surface area contributed by atoms with Gasteiger partial charge in [-0.05, 0) is 6.92 Å². The molecule has 0 bridgehead atoms. The summed E-state index contributed by atoms with van der Waals surface area (Å²) in [6, 6.07) is 0. The number of anilines is 1. The second kappa shape index (κ2) is 6.62. The number of aryl methyl sites for hydroxylation is 1. The number of aromatic carboxylic acids is 1. The van der Waals surface area contributed by atoms with Crippen LogP contribution >= 0.6 is 11.3 Å². The van der Waals surface area contributed by atoms with Crippen LogP contribution in [0.15, 0.2) is 30.2 Å². The molecule has 0 aliphatic rings. The van der Waals surface area contributed by atoms with Gasteiger partial charge in [0.2, 0.25) is 5.91 Å². The van der Waals surface area contributed by atoms with E-state index in [0.29, 0.717) is 5.13 Å². The lowest BCUT2D eigenvalue weighted by atomic mass is 10.3. The van der Waals surface area contributed by atoms with E-state index >= 15 is 0 Å². The van der Waals surface area contributed by atoms with Crippen LogP contribution in [0.3, 0.4) is 0 Å². The first kappa shape index (κ1) is 15.9. The molecule has 0 saturated heterocycles. The van der Waals surface area contributed by atoms with Gasteiger partial charge in [-0.25, -0.2) is 9.78 Å². The molecule has 0 aromatic carbocycles. The first-order valence-electron chi connectivity index (χ1n) is 7.09. The first-order chi connectivity index (χ1) is 11.5. The summed E-state index contributed by atoms with van der Waals surface area (Å²) in [4.78, 5) is 27.1. The fraction of sp³-hybridized carbons (Fsp3) is 0.214. The molecule has 10 heteroatoms. The molecule has 0 spiro atoms. The third kappa shape index (κ3) is 3.49. The lowest BCUT2D eigenvalue weighted by molar-refractivity contribution is -0.116. The molecule has 0 saturated carbocycles. The topological polar surface area (TPSA) is 115 Å². The maximum atomic E-state index is 12.0. The Balaban J connectivity index is 1.63. The van der Waals surface area contributed by atoms with Crippen molar-refractivity contribution in [2.45, 2.75) is 20.0 Å². The van der Waals surface area contributed by atoms with E-state index in [4.69, 9.17) is 5.11 Å². The summed E-state index contributed by atoms with van der Waals surface area (Å²) in [6.45, 7) is 2.68. The maximum absolute atomic E-state index is 12.0. The average Bonchev–Trinajstić information content (AvgIpc) is 3.26. The predicted molar refractivity (Wildman–Crippen MR) is 86.8 cm³/mol. The molecule has 1 amide bonds. The molecule has 0 fully saturated rings. The van der Waals surface area contributed by atoms with Gasteiger partial charge in [0.15, 0.2) is 5.13 Å². The smallest absolute Gasteiger partial charge is 0.338 e. The van der Waals surface area contributed by atoms with Crippen LogP contribution in [0, 0.1) is 0 Å². The van der Waals surface area contributed by atoms with Crippen molar-refractivity contribution in [1.82, 2.24) is 24.5 Å². The molecule has 0 atom stereocenters. The Labute approximate surface area is 140 Å². The van der Waals surface area contributed by atoms with Gasteiger partial charge in [-0.1, -0.05) is 0 Å². The largest absolute Gasteiger partial charge is 0.478 e. The zero-order valence-electron chi connectivity index (χ0n) is 12.7. The van der Waals surface area contributed by atoms with Gasteiger partial charge in [-0.15, -0.1) is 11.3 Å². The maximum Gasteiger partial charge on any atom is 0.338 e. The minimum atomic E-state index is -1.08. The van der Waals surface area contributed by atoms with E-state index in [1.54, 1.807) is 10.9 Å². The number of carbonyl (C=O) groups is 2. The van der Waals surface area contributed by atoms with Crippen LogP contribution in [0.2, 0.25) is 0 Å². The Morgan fingerprint density at radius 3 is 2.71 bits per heavy atom. The third-order valence-corrected chi connectivity index (χ3v) is 3.95. The van der Waals surface area contributed by atoms with Crippen LogP contribution in [-0.2, 0) is 17.9 Å². The average molecular weight is 346 g/mol. The number of carbonyl (C=O) groups excluding carboxylic acids is 1. The number of carboxylic acid groups (broad SMARTS) is 1. The minimum absolute atomic E-state index is 0.0345. The molecule has 0 aliphatic carbocycles. The van der Waals surface area contributed by atoms with Crippen molar-refractivity contribution in [3.8, 4) is 11.3 Å². The number of rotatable bonds is 6. The van der Waals surface area contributed by atoms with Crippen LogP contribution in [0.5, 0.6) is 0 Å². The monoisotopic (exact) mass is 346 g/mol. The highest BCUT2D eigenvalue weighted by Gasteiger charge is 2.12. The Morgan fingerprint density at radius 2 is 2.04 bits per heavy atom. The van der Waals surface area contributed by atoms with E-state index < -0.39 is 5.97 Å². The molecule has 0 unspecified atom stereocenters. The van der Waals surface area contributed by atoms with Gasteiger partial charge in [-0.2, -0.15) is 10.2 Å². The molecule has 9 nitrogen and oxygen atoms in total. The summed E-state index contributed by atoms with van der Waals surface area (Å²) in [7, 11) is 0. The minimum Gasteiger partial charge on any atom is -0.478 e. The number of hydrogen-bond acceptors (Lipinski definition) is 6. The van der Waals surface area contributed by atoms with Crippen molar-refractivity contribution in [1.29, 1.82) is 0 Å². The second-order valence-electron chi connectivity index (χ2n) is 4.90. The van der Waals surface area contributed by atoms with Crippen LogP contribution in [0.4, 0.5) is 5.13 Å². The van der Waals surface area contributed by atoms with Gasteiger partial charge in [0.1, 0.15) is 6.54 Å². The zero-order valence-corrected chi connectivity index (χ0v) is 13.5. The molecular formula is C14H14N6O3S. The highest BCUT2D eigenvalue weighted by molar-refractivity contribution is 7.14. The molecule has 124 valence electrons. The number of nitrogens with one attached hydrogen (secondary N) is 1. The quantitative estimate of drug-likeness (QED) is 0.700. The summed E-state index contributed by atoms with van der Waals surface area (Å²) in [6.07, 6.45) is 6.11. The van der Waals surface area contributed by atoms with E-state index in [1.807, 2.05) is 18.5 Å². The van der Waals surface area contributed by atoms with E-state index in [2.05, 4.69) is 20.5 Å². The van der Waals surface area contributed by atoms with Crippen LogP contribution in [-0.4, -0.2) is 41.5 Å². The molecule has 0 aliphatic heterocycles. The normalized spacial score (nSPS) is 10.7. The summed E-state index contributed by atoms with van der Waals surface area (Å²) in [5, 5.41) is 21.8. The second-order valence-corrected chi connectivity index (χ2v) is 5.76. The third-order valence-electron chi connectivity index (χ3n) is 3.19. The Bertz CT molecular complexity index is 881. The van der Waals surface area contributed by atoms with Gasteiger partial charge in [-0.3, -0.25) is 14.2 Å². The van der Waals surface area contributed by atoms with Gasteiger partial charge in [0.25, 0.3) is 0 Å². The van der Waals surface area contributed by atoms with E-state index in [1.165, 1.54) is 28.4 Å². The van der Waals surface area contributed by atoms with Crippen LogP contribution in [0.1, 0.15) is 17.3 Å². The van der Waals surface area contributed by atoms with E-state index in [9.17, 15) is 9.59 Å². The highest BCUT2D eigenvalue weighted by Crippen LogP contribution is 2.24. The van der Waals surface area contributed by atoms with Crippen LogP contribution < -0.4 is 5.32 Å². The van der Waals surface area contributed by atoms with Gasteiger partial charge in [0, 0.05) is 29.9 Å². The Kier molecular flexibility index (Phi) is 4.38. The summed E-state index contributed by atoms with van der Waals surface area (Å²) in [5.74, 6) is -1.42. The van der Waals surface area contributed by atoms with Crippen molar-refractivity contribution in [2.75, 3.05) is 5.32 Å². The van der Waals surface area contributed by atoms with Gasteiger partial charge < -0.3 is 10.4 Å². The van der Waals surface area contributed by atoms with Gasteiger partial charge in [0.05, 0.1) is 23.7 Å². The van der Waals surface area contributed by atoms with Crippen molar-refractivity contribution in [3.05, 3.63) is 35.7 Å². The molecular weight excluding hydrogens is 332 g/mol. The Morgan fingerprint density at radius 1 is 1.25 bits per heavy atom. The standard InChI is InChI=1S/C14H14N6O3S/c1-2-19-5-9(3-15-19)11-8-24-14(17-11)18-12(21)7-20-6-10(4-16-20)13(22)23/h3-6,8H,2,7H2,1H3,(H,22,23)(H,17,18,21). The fourth-order valence-electron chi connectivity index (χ4n) is 2.00. The molecule has 3 aromatic heterocycles. The lowest BCUT2D eigenvalue weighted by Gasteiger charge is -2.01. The molecule has 3 rings (SSSR count). The van der Waals surface area contributed by atoms with Crippen molar-refractivity contribution in [2.24, 2.45) is 0 Å². The number of aromatic nitrogens is 5. The first-order valence-corrected chi connectivity index (χ1v) is 7.97. The SMILES string of the molecule is CCn1cc(-c2csc(NC(=O)Cn3cc(C(=O)O)cn3)n2)cn1. The lowest BCUT2D eigenvalue weighted by Crippen LogP contribution is -2.18. The van der Waals surface area contributed by atoms with E-state index in [-0.39, 0.29) is 18.0 Å². The zero-order chi connectivity index (χ0) is 17.1. The fourth-order valence-corrected chi connectivity index (χ4v) is 2.73. The summed E-state index contributed by atoms with van der Waals surface area (Å²) in [5.41, 5.74) is 1.65. The number of amides is 1. The molecule has 0 radical (unpaired) electrons. The van der Waals surface area contributed by atoms with Crippen molar-refractivity contribution >= 4 is 28.3 Å². The van der Waals surface area contributed by atoms with Crippen LogP contribution in [0.25, 0.3) is 11.3 Å². The number of thiazole rings is 1. The predicted octanol–water partition coefficient (Wildman–Crippen LogP) is 1.56. The van der Waals surface area contributed by atoms with Crippen molar-refractivity contribution in [3.63, 3.8) is 0 Å². The highest BCUT2D eigenvalue weighted by atomic mass is 32.1. The number of nitrogens with zero attached hydrogens (tertiary/aromatic N) is 5. The molecule has 24 heavy (non-hydrogen) atoms. The summed E-state index contributed by atoms with van der Waals surface area (Å²) >= 11 is 1.31.